The Labute approximate surface area is 138 Å². The van der Waals surface area contributed by atoms with Gasteiger partial charge in [0, 0.05) is 31.7 Å². The number of halogens is 1. The number of carbonyl (C=O) groups is 2. The van der Waals surface area contributed by atoms with E-state index in [0.717, 1.165) is 4.88 Å². The number of piperazine rings is 1. The second kappa shape index (κ2) is 6.50. The summed E-state index contributed by atoms with van der Waals surface area (Å²) in [5.74, 6) is -0.408. The monoisotopic (exact) mass is 332 g/mol. The van der Waals surface area contributed by atoms with Crippen molar-refractivity contribution in [2.24, 2.45) is 0 Å². The smallest absolute Gasteiger partial charge is 0.264 e. The molecule has 6 heteroatoms. The Hall–Kier alpha value is -2.21. The Kier molecular flexibility index (Phi) is 4.43. The number of amides is 2. The number of benzene rings is 1. The first-order chi connectivity index (χ1) is 11.1. The molecule has 0 unspecified atom stereocenters. The normalized spacial score (nSPS) is 14.9. The van der Waals surface area contributed by atoms with Crippen LogP contribution in [0.2, 0.25) is 0 Å². The molecule has 0 radical (unpaired) electrons. The first-order valence-electron chi connectivity index (χ1n) is 7.44. The molecule has 1 fully saturated rings. The highest BCUT2D eigenvalue weighted by atomic mass is 32.1. The average molecular weight is 332 g/mol. The van der Waals surface area contributed by atoms with Crippen LogP contribution in [0.25, 0.3) is 0 Å². The van der Waals surface area contributed by atoms with Gasteiger partial charge >= 0.3 is 0 Å². The molecule has 1 saturated heterocycles. The second-order valence-electron chi connectivity index (χ2n) is 5.53. The van der Waals surface area contributed by atoms with Crippen molar-refractivity contribution in [1.29, 1.82) is 0 Å². The average Bonchev–Trinajstić information content (AvgIpc) is 3.11. The Balaban J connectivity index is 1.63. The molecule has 120 valence electrons. The van der Waals surface area contributed by atoms with Crippen LogP contribution >= 0.6 is 11.3 Å². The third-order valence-corrected chi connectivity index (χ3v) is 4.85. The first kappa shape index (κ1) is 15.7. The zero-order chi connectivity index (χ0) is 16.4. The molecule has 0 atom stereocenters. The minimum Gasteiger partial charge on any atom is -0.335 e. The van der Waals surface area contributed by atoms with E-state index in [9.17, 15) is 14.0 Å². The van der Waals surface area contributed by atoms with Crippen LogP contribution in [-0.2, 0) is 0 Å². The lowest BCUT2D eigenvalue weighted by atomic mass is 10.1. The molecule has 0 spiro atoms. The van der Waals surface area contributed by atoms with Crippen LogP contribution in [-0.4, -0.2) is 47.8 Å². The number of hydrogen-bond acceptors (Lipinski definition) is 3. The van der Waals surface area contributed by atoms with E-state index in [1.54, 1.807) is 22.8 Å². The second-order valence-corrected chi connectivity index (χ2v) is 6.47. The SMILES string of the molecule is Cc1cc(C(=O)N2CCN(C(=O)c3cccs3)CC2)ccc1F. The molecule has 4 nitrogen and oxygen atoms in total. The van der Waals surface area contributed by atoms with Gasteiger partial charge in [-0.2, -0.15) is 0 Å². The molecule has 1 aromatic carbocycles. The van der Waals surface area contributed by atoms with Gasteiger partial charge in [0.2, 0.25) is 0 Å². The summed E-state index contributed by atoms with van der Waals surface area (Å²) >= 11 is 1.42. The van der Waals surface area contributed by atoms with Crippen LogP contribution in [0.5, 0.6) is 0 Å². The fraction of sp³-hybridized carbons (Fsp3) is 0.294. The molecule has 1 aliphatic rings. The van der Waals surface area contributed by atoms with Gasteiger partial charge in [-0.05, 0) is 42.1 Å². The topological polar surface area (TPSA) is 40.6 Å². The predicted molar refractivity (Wildman–Crippen MR) is 87.3 cm³/mol. The maximum atomic E-state index is 13.3. The standard InChI is InChI=1S/C17H17FN2O2S/c1-12-11-13(4-5-14(12)18)16(21)19-6-8-20(9-7-19)17(22)15-3-2-10-23-15/h2-5,10-11H,6-9H2,1H3. The zero-order valence-electron chi connectivity index (χ0n) is 12.8. The summed E-state index contributed by atoms with van der Waals surface area (Å²) in [7, 11) is 0. The Morgan fingerprint density at radius 1 is 1.04 bits per heavy atom. The van der Waals surface area contributed by atoms with Gasteiger partial charge in [-0.1, -0.05) is 6.07 Å². The molecule has 0 aliphatic carbocycles. The molecule has 1 aliphatic heterocycles. The highest BCUT2D eigenvalue weighted by molar-refractivity contribution is 7.12. The molecule has 0 bridgehead atoms. The summed E-state index contributed by atoms with van der Waals surface area (Å²) in [5.41, 5.74) is 0.948. The van der Waals surface area contributed by atoms with Gasteiger partial charge in [0.15, 0.2) is 0 Å². The van der Waals surface area contributed by atoms with Crippen molar-refractivity contribution < 1.29 is 14.0 Å². The van der Waals surface area contributed by atoms with E-state index < -0.39 is 0 Å². The van der Waals surface area contributed by atoms with Crippen LogP contribution in [0.3, 0.4) is 0 Å². The van der Waals surface area contributed by atoms with Crippen molar-refractivity contribution in [3.05, 3.63) is 57.5 Å². The van der Waals surface area contributed by atoms with E-state index in [-0.39, 0.29) is 17.6 Å². The highest BCUT2D eigenvalue weighted by Crippen LogP contribution is 2.16. The van der Waals surface area contributed by atoms with Gasteiger partial charge in [-0.25, -0.2) is 4.39 Å². The maximum Gasteiger partial charge on any atom is 0.264 e. The summed E-state index contributed by atoms with van der Waals surface area (Å²) in [5, 5.41) is 1.88. The molecule has 23 heavy (non-hydrogen) atoms. The van der Waals surface area contributed by atoms with Gasteiger partial charge in [-0.15, -0.1) is 11.3 Å². The number of rotatable bonds is 2. The molecule has 0 N–H and O–H groups in total. The van der Waals surface area contributed by atoms with Crippen molar-refractivity contribution >= 4 is 23.2 Å². The molecule has 3 rings (SSSR count). The van der Waals surface area contributed by atoms with Crippen molar-refractivity contribution in [1.82, 2.24) is 9.80 Å². The van der Waals surface area contributed by atoms with E-state index in [1.165, 1.54) is 23.5 Å². The summed E-state index contributed by atoms with van der Waals surface area (Å²) < 4.78 is 13.3. The predicted octanol–water partition coefficient (Wildman–Crippen LogP) is 2.79. The number of aryl methyl sites for hydroxylation is 1. The summed E-state index contributed by atoms with van der Waals surface area (Å²) in [6.07, 6.45) is 0. The fourth-order valence-electron chi connectivity index (χ4n) is 2.63. The van der Waals surface area contributed by atoms with Gasteiger partial charge in [0.05, 0.1) is 4.88 Å². The number of thiophene rings is 1. The summed E-state index contributed by atoms with van der Waals surface area (Å²) in [6, 6.07) is 8.06. The molecular formula is C17H17FN2O2S. The first-order valence-corrected chi connectivity index (χ1v) is 8.32. The van der Waals surface area contributed by atoms with E-state index >= 15 is 0 Å². The molecule has 2 amide bonds. The van der Waals surface area contributed by atoms with Crippen molar-refractivity contribution in [2.45, 2.75) is 6.92 Å². The third kappa shape index (κ3) is 3.27. The lowest BCUT2D eigenvalue weighted by Crippen LogP contribution is -2.50. The minimum absolute atomic E-state index is 0.0183. The molecule has 1 aromatic heterocycles. The van der Waals surface area contributed by atoms with Crippen LogP contribution in [0.1, 0.15) is 25.6 Å². The minimum atomic E-state index is -0.312. The Morgan fingerprint density at radius 2 is 1.70 bits per heavy atom. The van der Waals surface area contributed by atoms with Crippen LogP contribution < -0.4 is 0 Å². The number of hydrogen-bond donors (Lipinski definition) is 0. The van der Waals surface area contributed by atoms with E-state index in [4.69, 9.17) is 0 Å². The van der Waals surface area contributed by atoms with Gasteiger partial charge in [0.1, 0.15) is 5.82 Å². The highest BCUT2D eigenvalue weighted by Gasteiger charge is 2.26. The number of nitrogens with zero attached hydrogens (tertiary/aromatic N) is 2. The van der Waals surface area contributed by atoms with E-state index in [1.807, 2.05) is 17.5 Å². The summed E-state index contributed by atoms with van der Waals surface area (Å²) in [6.45, 7) is 3.66. The van der Waals surface area contributed by atoms with Crippen molar-refractivity contribution in [3.8, 4) is 0 Å². The number of carbonyl (C=O) groups excluding carboxylic acids is 2. The molecule has 2 aromatic rings. The van der Waals surface area contributed by atoms with Crippen LogP contribution in [0.4, 0.5) is 4.39 Å². The fourth-order valence-corrected chi connectivity index (χ4v) is 3.32. The maximum absolute atomic E-state index is 13.3. The van der Waals surface area contributed by atoms with Gasteiger partial charge in [-0.3, -0.25) is 9.59 Å². The van der Waals surface area contributed by atoms with Crippen LogP contribution in [0, 0.1) is 12.7 Å². The Bertz CT molecular complexity index is 722. The molecule has 2 heterocycles. The van der Waals surface area contributed by atoms with Crippen molar-refractivity contribution in [2.75, 3.05) is 26.2 Å². The molecule has 0 saturated carbocycles. The summed E-state index contributed by atoms with van der Waals surface area (Å²) in [4.78, 5) is 29.0. The third-order valence-electron chi connectivity index (χ3n) is 3.99. The van der Waals surface area contributed by atoms with Crippen molar-refractivity contribution in [3.63, 3.8) is 0 Å². The molecular weight excluding hydrogens is 315 g/mol. The lowest BCUT2D eigenvalue weighted by molar-refractivity contribution is 0.0538. The van der Waals surface area contributed by atoms with E-state index in [0.29, 0.717) is 37.3 Å². The van der Waals surface area contributed by atoms with Gasteiger partial charge < -0.3 is 9.80 Å². The van der Waals surface area contributed by atoms with Gasteiger partial charge in [0.25, 0.3) is 11.8 Å². The zero-order valence-corrected chi connectivity index (χ0v) is 13.6. The van der Waals surface area contributed by atoms with Crippen LogP contribution in [0.15, 0.2) is 35.7 Å². The Morgan fingerprint density at radius 3 is 2.26 bits per heavy atom. The quantitative estimate of drug-likeness (QED) is 0.848. The lowest BCUT2D eigenvalue weighted by Gasteiger charge is -2.34. The largest absolute Gasteiger partial charge is 0.335 e. The van der Waals surface area contributed by atoms with E-state index in [2.05, 4.69) is 0 Å².